The van der Waals surface area contributed by atoms with Gasteiger partial charge in [-0.3, -0.25) is 4.57 Å². The Morgan fingerprint density at radius 2 is 1.59 bits per heavy atom. The van der Waals surface area contributed by atoms with Crippen LogP contribution in [0.4, 0.5) is 5.82 Å². The van der Waals surface area contributed by atoms with E-state index in [1.54, 1.807) is 10.9 Å². The van der Waals surface area contributed by atoms with Crippen LogP contribution in [-0.4, -0.2) is 66.7 Å². The van der Waals surface area contributed by atoms with E-state index in [1.165, 1.54) is 6.33 Å². The summed E-state index contributed by atoms with van der Waals surface area (Å²) in [5, 5.41) is 11.5. The summed E-state index contributed by atoms with van der Waals surface area (Å²) in [6.45, 7) is 17.7. The monoisotopic (exact) mass is 509 g/mol. The van der Waals surface area contributed by atoms with Gasteiger partial charge in [0.05, 0.1) is 12.9 Å². The van der Waals surface area contributed by atoms with Crippen LogP contribution in [0.1, 0.15) is 61.6 Å². The van der Waals surface area contributed by atoms with Crippen molar-refractivity contribution in [3.63, 3.8) is 0 Å². The number of aliphatic hydroxyl groups is 1. The Morgan fingerprint density at radius 3 is 2.18 bits per heavy atom. The summed E-state index contributed by atoms with van der Waals surface area (Å²) < 4.78 is 29.0. The van der Waals surface area contributed by atoms with E-state index in [0.717, 1.165) is 0 Å². The predicted molar refractivity (Wildman–Crippen MR) is 133 cm³/mol. The highest BCUT2D eigenvalue weighted by Gasteiger charge is 2.61. The molecule has 0 spiro atoms. The molecule has 2 aliphatic rings. The standard InChI is InChI=1S/C22H39N5O5Si2/c1-12(2)33(13(3)4)29-9-16-19(31-34(32-33,14(5)6)15(7)8)18(28)22(30-16)27-11-26-17-20(23)24-10-25-21(17)27/h10-16,18-19,22,28H,9H2,1-8H3,(H2,23,24,25)/t16-,18+,19+,22+/m0/s1. The summed E-state index contributed by atoms with van der Waals surface area (Å²) in [6, 6.07) is 0. The minimum Gasteiger partial charge on any atom is -0.414 e. The fourth-order valence-corrected chi connectivity index (χ4v) is 16.6. The van der Waals surface area contributed by atoms with E-state index in [9.17, 15) is 5.11 Å². The zero-order valence-corrected chi connectivity index (χ0v) is 23.4. The van der Waals surface area contributed by atoms with Crippen molar-refractivity contribution in [3.05, 3.63) is 12.7 Å². The average Bonchev–Trinajstić information content (AvgIpc) is 3.29. The first-order chi connectivity index (χ1) is 15.9. The third-order valence-corrected chi connectivity index (χ3v) is 17.6. The van der Waals surface area contributed by atoms with E-state index in [1.807, 2.05) is 0 Å². The third-order valence-electron chi connectivity index (χ3n) is 7.30. The Kier molecular flexibility index (Phi) is 6.97. The average molecular weight is 510 g/mol. The Balaban J connectivity index is 1.77. The molecule has 4 rings (SSSR count). The summed E-state index contributed by atoms with van der Waals surface area (Å²) in [4.78, 5) is 12.7. The van der Waals surface area contributed by atoms with Gasteiger partial charge in [-0.05, 0) is 22.2 Å². The number of rotatable bonds is 5. The smallest absolute Gasteiger partial charge is 0.335 e. The largest absolute Gasteiger partial charge is 0.414 e. The van der Waals surface area contributed by atoms with Crippen LogP contribution >= 0.6 is 0 Å². The van der Waals surface area contributed by atoms with Gasteiger partial charge in [0.1, 0.15) is 30.2 Å². The van der Waals surface area contributed by atoms with E-state index in [2.05, 4.69) is 70.3 Å². The zero-order chi connectivity index (χ0) is 25.0. The van der Waals surface area contributed by atoms with Crippen molar-refractivity contribution in [1.82, 2.24) is 19.5 Å². The number of ether oxygens (including phenoxy) is 1. The van der Waals surface area contributed by atoms with E-state index in [-0.39, 0.29) is 28.0 Å². The van der Waals surface area contributed by atoms with Crippen molar-refractivity contribution >= 4 is 34.1 Å². The van der Waals surface area contributed by atoms with Crippen LogP contribution in [0.2, 0.25) is 22.2 Å². The van der Waals surface area contributed by atoms with Gasteiger partial charge >= 0.3 is 17.1 Å². The molecule has 3 N–H and O–H groups in total. The maximum atomic E-state index is 11.5. The van der Waals surface area contributed by atoms with Gasteiger partial charge in [-0.1, -0.05) is 55.4 Å². The second-order valence-electron chi connectivity index (χ2n) is 10.7. The van der Waals surface area contributed by atoms with E-state index in [0.29, 0.717) is 17.8 Å². The van der Waals surface area contributed by atoms with Gasteiger partial charge in [-0.15, -0.1) is 0 Å². The fourth-order valence-electron chi connectivity index (χ4n) is 5.42. The molecule has 0 radical (unpaired) electrons. The maximum Gasteiger partial charge on any atom is 0.335 e. The molecule has 2 aliphatic heterocycles. The molecule has 10 nitrogen and oxygen atoms in total. The molecule has 4 heterocycles. The number of hydrogen-bond donors (Lipinski definition) is 2. The van der Waals surface area contributed by atoms with Gasteiger partial charge in [0.25, 0.3) is 0 Å². The van der Waals surface area contributed by atoms with Crippen molar-refractivity contribution in [1.29, 1.82) is 0 Å². The van der Waals surface area contributed by atoms with Crippen LogP contribution in [0.5, 0.6) is 0 Å². The van der Waals surface area contributed by atoms with Crippen molar-refractivity contribution in [2.45, 2.75) is 102 Å². The van der Waals surface area contributed by atoms with E-state index in [4.69, 9.17) is 23.4 Å². The van der Waals surface area contributed by atoms with Crippen molar-refractivity contribution in [3.8, 4) is 0 Å². The highest BCUT2D eigenvalue weighted by atomic mass is 28.5. The highest BCUT2D eigenvalue weighted by molar-refractivity contribution is 6.83. The number of nitrogens with two attached hydrogens (primary N) is 1. The molecule has 34 heavy (non-hydrogen) atoms. The number of nitrogen functional groups attached to an aromatic ring is 1. The fraction of sp³-hybridized carbons (Fsp3) is 0.773. The van der Waals surface area contributed by atoms with Gasteiger partial charge in [0, 0.05) is 0 Å². The quantitative estimate of drug-likeness (QED) is 0.581. The lowest BCUT2D eigenvalue weighted by Crippen LogP contribution is -2.65. The van der Waals surface area contributed by atoms with E-state index < -0.39 is 41.7 Å². The second-order valence-corrected chi connectivity index (χ2v) is 19.5. The molecule has 2 aromatic heterocycles. The second kappa shape index (κ2) is 9.23. The number of anilines is 1. The Labute approximate surface area is 203 Å². The summed E-state index contributed by atoms with van der Waals surface area (Å²) >= 11 is 0. The first kappa shape index (κ1) is 25.7. The maximum absolute atomic E-state index is 11.5. The molecule has 4 atom stereocenters. The Bertz CT molecular complexity index is 1000. The SMILES string of the molecule is CC(C)[Si]1(C(C)C)OC[C@@H]2O[C@@H](n3cnc4c(N)ncnc43)[C@H](O)[C@@H]2O[Si](C(C)C)(C(C)C)O1. The molecule has 190 valence electrons. The molecule has 12 heteroatoms. The summed E-state index contributed by atoms with van der Waals surface area (Å²) in [6.07, 6.45) is 0.225. The van der Waals surface area contributed by atoms with Crippen LogP contribution in [0.15, 0.2) is 12.7 Å². The molecule has 0 unspecified atom stereocenters. The Hall–Kier alpha value is -1.42. The minimum atomic E-state index is -2.86. The lowest BCUT2D eigenvalue weighted by atomic mass is 10.1. The normalized spacial score (nSPS) is 29.2. The van der Waals surface area contributed by atoms with Gasteiger partial charge in [-0.25, -0.2) is 15.0 Å². The summed E-state index contributed by atoms with van der Waals surface area (Å²) in [5.74, 6) is 0.283. The lowest BCUT2D eigenvalue weighted by molar-refractivity contribution is -0.0570. The van der Waals surface area contributed by atoms with Crippen LogP contribution in [0.3, 0.4) is 0 Å². The highest BCUT2D eigenvalue weighted by Crippen LogP contribution is 2.48. The topological polar surface area (TPSA) is 127 Å². The number of aromatic nitrogens is 4. The number of imidazole rings is 1. The molecular weight excluding hydrogens is 470 g/mol. The van der Waals surface area contributed by atoms with Gasteiger partial charge < -0.3 is 28.5 Å². The van der Waals surface area contributed by atoms with Crippen molar-refractivity contribution in [2.75, 3.05) is 12.3 Å². The van der Waals surface area contributed by atoms with Gasteiger partial charge in [-0.2, -0.15) is 0 Å². The molecule has 0 amide bonds. The summed E-state index contributed by atoms with van der Waals surface area (Å²) in [5.41, 5.74) is 7.73. The summed E-state index contributed by atoms with van der Waals surface area (Å²) in [7, 11) is -5.54. The van der Waals surface area contributed by atoms with Crippen molar-refractivity contribution < 1.29 is 22.8 Å². The van der Waals surface area contributed by atoms with Gasteiger partial charge in [0.2, 0.25) is 0 Å². The molecule has 2 fully saturated rings. The number of fused-ring (bicyclic) bond motifs is 2. The third kappa shape index (κ3) is 3.92. The Morgan fingerprint density at radius 1 is 0.971 bits per heavy atom. The number of aliphatic hydroxyl groups excluding tert-OH is 1. The van der Waals surface area contributed by atoms with Gasteiger partial charge in [0.15, 0.2) is 17.7 Å². The first-order valence-electron chi connectivity index (χ1n) is 12.2. The first-order valence-corrected chi connectivity index (χ1v) is 16.2. The predicted octanol–water partition coefficient (Wildman–Crippen LogP) is 3.62. The molecule has 2 saturated heterocycles. The number of hydrogen-bond acceptors (Lipinski definition) is 9. The van der Waals surface area contributed by atoms with Crippen LogP contribution in [0.25, 0.3) is 11.2 Å². The zero-order valence-electron chi connectivity index (χ0n) is 21.4. The molecule has 2 aromatic rings. The van der Waals surface area contributed by atoms with E-state index >= 15 is 0 Å². The molecule has 0 aliphatic carbocycles. The molecule has 0 aromatic carbocycles. The number of nitrogens with zero attached hydrogens (tertiary/aromatic N) is 4. The molecular formula is C22H39N5O5Si2. The van der Waals surface area contributed by atoms with Crippen LogP contribution < -0.4 is 5.73 Å². The molecule has 0 bridgehead atoms. The van der Waals surface area contributed by atoms with Crippen LogP contribution in [0, 0.1) is 0 Å². The molecule has 0 saturated carbocycles. The van der Waals surface area contributed by atoms with Crippen LogP contribution in [-0.2, 0) is 17.7 Å². The minimum absolute atomic E-state index is 0.159. The lowest BCUT2D eigenvalue weighted by Gasteiger charge is -2.51. The van der Waals surface area contributed by atoms with Crippen molar-refractivity contribution in [2.24, 2.45) is 0 Å².